The fraction of sp³-hybridized carbons (Fsp3) is 0.318. The molecule has 7 heteroatoms. The van der Waals surface area contributed by atoms with Crippen LogP contribution in [0.5, 0.6) is 0 Å². The molecule has 4 rings (SSSR count). The fourth-order valence-corrected chi connectivity index (χ4v) is 3.56. The lowest BCUT2D eigenvalue weighted by Gasteiger charge is -2.37. The van der Waals surface area contributed by atoms with E-state index in [2.05, 4.69) is 65.0 Å². The summed E-state index contributed by atoms with van der Waals surface area (Å²) >= 11 is 0. The molecule has 7 nitrogen and oxygen atoms in total. The Morgan fingerprint density at radius 1 is 1.00 bits per heavy atom. The standard InChI is InChI=1S/C22H27N7/c1-23-22(29-14-12-28(13-15-29)21-4-2-3-9-25-21)26-16-19-5-7-20(8-6-19)17-27-11-10-24-18-27/h2-11,18H,12-17H2,1H3,(H,23,26). The van der Waals surface area contributed by atoms with Crippen LogP contribution in [0.3, 0.4) is 0 Å². The molecule has 2 aromatic heterocycles. The zero-order valence-electron chi connectivity index (χ0n) is 16.8. The lowest BCUT2D eigenvalue weighted by atomic mass is 10.1. The molecule has 0 radical (unpaired) electrons. The van der Waals surface area contributed by atoms with E-state index in [0.29, 0.717) is 0 Å². The van der Waals surface area contributed by atoms with Gasteiger partial charge in [0.2, 0.25) is 0 Å². The minimum atomic E-state index is 0.762. The van der Waals surface area contributed by atoms with Crippen molar-refractivity contribution in [2.45, 2.75) is 13.1 Å². The molecular formula is C22H27N7. The molecule has 0 unspecified atom stereocenters. The third kappa shape index (κ3) is 4.93. The summed E-state index contributed by atoms with van der Waals surface area (Å²) in [4.78, 5) is 17.7. The van der Waals surface area contributed by atoms with Crippen molar-refractivity contribution in [1.29, 1.82) is 0 Å². The number of benzene rings is 1. The van der Waals surface area contributed by atoms with Crippen LogP contribution in [0.25, 0.3) is 0 Å². The van der Waals surface area contributed by atoms with E-state index in [1.54, 1.807) is 6.20 Å². The van der Waals surface area contributed by atoms with E-state index in [1.807, 2.05) is 37.9 Å². The summed E-state index contributed by atoms with van der Waals surface area (Å²) in [5.74, 6) is 2.00. The van der Waals surface area contributed by atoms with E-state index < -0.39 is 0 Å². The van der Waals surface area contributed by atoms with Gasteiger partial charge in [-0.2, -0.15) is 0 Å². The number of anilines is 1. The predicted molar refractivity (Wildman–Crippen MR) is 116 cm³/mol. The lowest BCUT2D eigenvalue weighted by Crippen LogP contribution is -2.52. The Morgan fingerprint density at radius 2 is 1.79 bits per heavy atom. The Balaban J connectivity index is 1.27. The van der Waals surface area contributed by atoms with Crippen LogP contribution in [0.1, 0.15) is 11.1 Å². The highest BCUT2D eigenvalue weighted by Gasteiger charge is 2.20. The van der Waals surface area contributed by atoms with Crippen molar-refractivity contribution in [1.82, 2.24) is 24.8 Å². The first-order chi connectivity index (χ1) is 14.3. The topological polar surface area (TPSA) is 61.6 Å². The Hall–Kier alpha value is -3.35. The van der Waals surface area contributed by atoms with Crippen LogP contribution in [0.15, 0.2) is 72.4 Å². The normalized spacial score (nSPS) is 14.9. The average molecular weight is 390 g/mol. The number of nitrogens with zero attached hydrogens (tertiary/aromatic N) is 6. The van der Waals surface area contributed by atoms with Crippen molar-refractivity contribution in [3.8, 4) is 0 Å². The van der Waals surface area contributed by atoms with Crippen molar-refractivity contribution in [2.24, 2.45) is 4.99 Å². The quantitative estimate of drug-likeness (QED) is 0.536. The highest BCUT2D eigenvalue weighted by molar-refractivity contribution is 5.80. The highest BCUT2D eigenvalue weighted by Crippen LogP contribution is 2.13. The van der Waals surface area contributed by atoms with E-state index in [0.717, 1.165) is 51.0 Å². The van der Waals surface area contributed by atoms with Crippen LogP contribution in [0.2, 0.25) is 0 Å². The van der Waals surface area contributed by atoms with Crippen LogP contribution in [-0.4, -0.2) is 58.6 Å². The molecule has 0 amide bonds. The number of hydrogen-bond acceptors (Lipinski definition) is 4. The van der Waals surface area contributed by atoms with E-state index in [1.165, 1.54) is 11.1 Å². The molecule has 29 heavy (non-hydrogen) atoms. The number of aliphatic imine (C=N–C) groups is 1. The average Bonchev–Trinajstić information content (AvgIpc) is 3.29. The van der Waals surface area contributed by atoms with Crippen LogP contribution in [0.4, 0.5) is 5.82 Å². The van der Waals surface area contributed by atoms with Crippen LogP contribution >= 0.6 is 0 Å². The maximum atomic E-state index is 4.48. The number of imidazole rings is 1. The number of aromatic nitrogens is 3. The van der Waals surface area contributed by atoms with Gasteiger partial charge in [0.15, 0.2) is 5.96 Å². The van der Waals surface area contributed by atoms with Gasteiger partial charge in [0.1, 0.15) is 5.82 Å². The molecule has 0 aliphatic carbocycles. The first kappa shape index (κ1) is 19.0. The van der Waals surface area contributed by atoms with Crippen molar-refractivity contribution >= 4 is 11.8 Å². The maximum absolute atomic E-state index is 4.48. The van der Waals surface area contributed by atoms with Gasteiger partial charge < -0.3 is 19.7 Å². The number of guanidine groups is 1. The minimum absolute atomic E-state index is 0.762. The van der Waals surface area contributed by atoms with Gasteiger partial charge >= 0.3 is 0 Å². The molecule has 0 atom stereocenters. The number of piperazine rings is 1. The van der Waals surface area contributed by atoms with Gasteiger partial charge in [-0.3, -0.25) is 4.99 Å². The second-order valence-corrected chi connectivity index (χ2v) is 7.11. The number of pyridine rings is 1. The van der Waals surface area contributed by atoms with Crippen LogP contribution < -0.4 is 10.2 Å². The summed E-state index contributed by atoms with van der Waals surface area (Å²) < 4.78 is 2.07. The Bertz CT molecular complexity index is 896. The molecule has 1 saturated heterocycles. The zero-order chi connectivity index (χ0) is 19.9. The van der Waals surface area contributed by atoms with Gasteiger partial charge in [0.25, 0.3) is 0 Å². The number of rotatable bonds is 5. The Labute approximate surface area is 171 Å². The molecular weight excluding hydrogens is 362 g/mol. The summed E-state index contributed by atoms with van der Waals surface area (Å²) in [5, 5.41) is 3.50. The summed E-state index contributed by atoms with van der Waals surface area (Å²) in [6, 6.07) is 14.7. The molecule has 150 valence electrons. The van der Waals surface area contributed by atoms with Crippen LogP contribution in [-0.2, 0) is 13.1 Å². The second kappa shape index (κ2) is 9.23. The summed E-state index contributed by atoms with van der Waals surface area (Å²) in [6.45, 7) is 5.36. The minimum Gasteiger partial charge on any atom is -0.353 e. The third-order valence-corrected chi connectivity index (χ3v) is 5.16. The molecule has 3 aromatic rings. The second-order valence-electron chi connectivity index (χ2n) is 7.11. The van der Waals surface area contributed by atoms with Gasteiger partial charge in [0, 0.05) is 64.9 Å². The largest absolute Gasteiger partial charge is 0.353 e. The molecule has 1 aromatic carbocycles. The molecule has 0 saturated carbocycles. The summed E-state index contributed by atoms with van der Waals surface area (Å²) in [6.07, 6.45) is 7.48. The van der Waals surface area contributed by atoms with E-state index in [9.17, 15) is 0 Å². The molecule has 1 aliphatic heterocycles. The van der Waals surface area contributed by atoms with Gasteiger partial charge in [-0.05, 0) is 23.3 Å². The molecule has 1 fully saturated rings. The van der Waals surface area contributed by atoms with Gasteiger partial charge in [-0.1, -0.05) is 30.3 Å². The molecule has 1 aliphatic rings. The van der Waals surface area contributed by atoms with Gasteiger partial charge in [-0.25, -0.2) is 9.97 Å². The smallest absolute Gasteiger partial charge is 0.194 e. The summed E-state index contributed by atoms with van der Waals surface area (Å²) in [5.41, 5.74) is 2.51. The van der Waals surface area contributed by atoms with Crippen LogP contribution in [0, 0.1) is 0 Å². The molecule has 0 bridgehead atoms. The third-order valence-electron chi connectivity index (χ3n) is 5.16. The molecule has 1 N–H and O–H groups in total. The Morgan fingerprint density at radius 3 is 2.45 bits per heavy atom. The monoisotopic (exact) mass is 389 g/mol. The Kier molecular flexibility index (Phi) is 6.04. The SMILES string of the molecule is CN=C(NCc1ccc(Cn2ccnc2)cc1)N1CCN(c2ccccn2)CC1. The lowest BCUT2D eigenvalue weighted by molar-refractivity contribution is 0.371. The maximum Gasteiger partial charge on any atom is 0.194 e. The number of nitrogens with one attached hydrogen (secondary N) is 1. The molecule has 3 heterocycles. The number of hydrogen-bond donors (Lipinski definition) is 1. The fourth-order valence-electron chi connectivity index (χ4n) is 3.56. The first-order valence-electron chi connectivity index (χ1n) is 9.97. The molecule has 0 spiro atoms. The van der Waals surface area contributed by atoms with E-state index >= 15 is 0 Å². The van der Waals surface area contributed by atoms with Crippen molar-refractivity contribution in [3.05, 3.63) is 78.5 Å². The van der Waals surface area contributed by atoms with E-state index in [4.69, 9.17) is 0 Å². The highest BCUT2D eigenvalue weighted by atomic mass is 15.4. The van der Waals surface area contributed by atoms with Crippen molar-refractivity contribution in [3.63, 3.8) is 0 Å². The van der Waals surface area contributed by atoms with Gasteiger partial charge in [0.05, 0.1) is 6.33 Å². The van der Waals surface area contributed by atoms with E-state index in [-0.39, 0.29) is 0 Å². The van der Waals surface area contributed by atoms with Gasteiger partial charge in [-0.15, -0.1) is 0 Å². The predicted octanol–water partition coefficient (Wildman–Crippen LogP) is 2.22. The summed E-state index contributed by atoms with van der Waals surface area (Å²) in [7, 11) is 1.85. The first-order valence-corrected chi connectivity index (χ1v) is 9.97. The zero-order valence-corrected chi connectivity index (χ0v) is 16.8. The van der Waals surface area contributed by atoms with Crippen molar-refractivity contribution < 1.29 is 0 Å². The van der Waals surface area contributed by atoms with Crippen molar-refractivity contribution in [2.75, 3.05) is 38.1 Å².